The molecule has 0 unspecified atom stereocenters. The Balaban J connectivity index is 1.85. The Morgan fingerprint density at radius 2 is 2.00 bits per heavy atom. The van der Waals surface area contributed by atoms with E-state index in [1.165, 1.54) is 0 Å². The average molecular weight is 334 g/mol. The first-order valence-electron chi connectivity index (χ1n) is 7.26. The van der Waals surface area contributed by atoms with Crippen molar-refractivity contribution >= 4 is 29.3 Å². The molecular weight excluding hydrogens is 314 g/mol. The van der Waals surface area contributed by atoms with E-state index in [1.807, 2.05) is 32.0 Å². The molecule has 1 aromatic heterocycles. The number of anilines is 2. The van der Waals surface area contributed by atoms with Crippen molar-refractivity contribution < 1.29 is 4.79 Å². The standard InChI is InChI=1S/C16H20ClN5O/c1-11-9-14(22(2)3)21-16(20-11)19-8-7-18-15(23)12-5-4-6-13(17)10-12/h4-6,9-10H,7-8H2,1-3H3,(H,18,23)(H,19,20,21). The van der Waals surface area contributed by atoms with Crippen LogP contribution >= 0.6 is 11.6 Å². The summed E-state index contributed by atoms with van der Waals surface area (Å²) in [5.41, 5.74) is 1.42. The fraction of sp³-hybridized carbons (Fsp3) is 0.312. The molecule has 7 heteroatoms. The maximum atomic E-state index is 12.0. The molecule has 122 valence electrons. The van der Waals surface area contributed by atoms with E-state index in [1.54, 1.807) is 24.3 Å². The van der Waals surface area contributed by atoms with Crippen molar-refractivity contribution in [1.29, 1.82) is 0 Å². The summed E-state index contributed by atoms with van der Waals surface area (Å²) in [5.74, 6) is 1.22. The zero-order valence-corrected chi connectivity index (χ0v) is 14.2. The van der Waals surface area contributed by atoms with Crippen LogP contribution in [-0.4, -0.2) is 43.1 Å². The normalized spacial score (nSPS) is 10.3. The number of benzene rings is 1. The fourth-order valence-electron chi connectivity index (χ4n) is 1.94. The van der Waals surface area contributed by atoms with Crippen molar-refractivity contribution in [1.82, 2.24) is 15.3 Å². The Morgan fingerprint density at radius 1 is 1.22 bits per heavy atom. The lowest BCUT2D eigenvalue weighted by Gasteiger charge is -2.14. The van der Waals surface area contributed by atoms with Crippen LogP contribution in [0, 0.1) is 6.92 Å². The Kier molecular flexibility index (Phi) is 5.76. The van der Waals surface area contributed by atoms with Crippen LogP contribution in [-0.2, 0) is 0 Å². The molecule has 0 saturated carbocycles. The minimum atomic E-state index is -0.159. The van der Waals surface area contributed by atoms with Gasteiger partial charge in [0.2, 0.25) is 5.95 Å². The molecule has 0 aliphatic rings. The van der Waals surface area contributed by atoms with E-state index >= 15 is 0 Å². The maximum Gasteiger partial charge on any atom is 0.251 e. The second-order valence-electron chi connectivity index (χ2n) is 5.28. The zero-order chi connectivity index (χ0) is 16.8. The predicted molar refractivity (Wildman–Crippen MR) is 93.4 cm³/mol. The van der Waals surface area contributed by atoms with Crippen LogP contribution in [0.25, 0.3) is 0 Å². The molecule has 0 fully saturated rings. The van der Waals surface area contributed by atoms with Crippen LogP contribution < -0.4 is 15.5 Å². The first-order chi connectivity index (χ1) is 11.0. The first-order valence-corrected chi connectivity index (χ1v) is 7.64. The van der Waals surface area contributed by atoms with E-state index in [0.717, 1.165) is 11.5 Å². The summed E-state index contributed by atoms with van der Waals surface area (Å²) in [6.45, 7) is 2.91. The molecule has 0 spiro atoms. The number of hydrogen-bond donors (Lipinski definition) is 2. The molecule has 0 bridgehead atoms. The molecule has 0 radical (unpaired) electrons. The number of halogens is 1. The van der Waals surface area contributed by atoms with Crippen molar-refractivity contribution in [2.24, 2.45) is 0 Å². The van der Waals surface area contributed by atoms with Gasteiger partial charge in [-0.1, -0.05) is 17.7 Å². The van der Waals surface area contributed by atoms with Crippen LogP contribution in [0.1, 0.15) is 16.1 Å². The molecule has 0 aliphatic carbocycles. The van der Waals surface area contributed by atoms with Gasteiger partial charge in [-0.15, -0.1) is 0 Å². The number of aryl methyl sites for hydroxylation is 1. The van der Waals surface area contributed by atoms with E-state index < -0.39 is 0 Å². The lowest BCUT2D eigenvalue weighted by molar-refractivity contribution is 0.0955. The Hall–Kier alpha value is -2.34. The number of amides is 1. The highest BCUT2D eigenvalue weighted by molar-refractivity contribution is 6.30. The quantitative estimate of drug-likeness (QED) is 0.794. The highest BCUT2D eigenvalue weighted by Gasteiger charge is 2.06. The number of rotatable bonds is 6. The highest BCUT2D eigenvalue weighted by atomic mass is 35.5. The van der Waals surface area contributed by atoms with Gasteiger partial charge in [-0.25, -0.2) is 4.98 Å². The number of aromatic nitrogens is 2. The van der Waals surface area contributed by atoms with Gasteiger partial charge < -0.3 is 15.5 Å². The molecule has 0 saturated heterocycles. The molecule has 6 nitrogen and oxygen atoms in total. The van der Waals surface area contributed by atoms with E-state index in [2.05, 4.69) is 20.6 Å². The summed E-state index contributed by atoms with van der Waals surface area (Å²) in [6.07, 6.45) is 0. The van der Waals surface area contributed by atoms with E-state index in [4.69, 9.17) is 11.6 Å². The largest absolute Gasteiger partial charge is 0.363 e. The van der Waals surface area contributed by atoms with Crippen molar-refractivity contribution in [3.8, 4) is 0 Å². The highest BCUT2D eigenvalue weighted by Crippen LogP contribution is 2.12. The summed E-state index contributed by atoms with van der Waals surface area (Å²) < 4.78 is 0. The molecule has 1 heterocycles. The summed E-state index contributed by atoms with van der Waals surface area (Å²) >= 11 is 5.87. The summed E-state index contributed by atoms with van der Waals surface area (Å²) in [5, 5.41) is 6.47. The van der Waals surface area contributed by atoms with Gasteiger partial charge in [0, 0.05) is 49.5 Å². The Bertz CT molecular complexity index is 690. The minimum absolute atomic E-state index is 0.159. The monoisotopic (exact) mass is 333 g/mol. The van der Waals surface area contributed by atoms with Gasteiger partial charge in [-0.3, -0.25) is 4.79 Å². The average Bonchev–Trinajstić information content (AvgIpc) is 2.50. The Morgan fingerprint density at radius 3 is 2.70 bits per heavy atom. The summed E-state index contributed by atoms with van der Waals surface area (Å²) in [4.78, 5) is 22.6. The minimum Gasteiger partial charge on any atom is -0.363 e. The second kappa shape index (κ2) is 7.78. The van der Waals surface area contributed by atoms with Gasteiger partial charge in [0.05, 0.1) is 0 Å². The molecule has 2 rings (SSSR count). The third-order valence-electron chi connectivity index (χ3n) is 3.08. The number of nitrogens with zero attached hydrogens (tertiary/aromatic N) is 3. The zero-order valence-electron chi connectivity index (χ0n) is 13.4. The van der Waals surface area contributed by atoms with Gasteiger partial charge in [0.1, 0.15) is 5.82 Å². The van der Waals surface area contributed by atoms with Gasteiger partial charge >= 0.3 is 0 Å². The lowest BCUT2D eigenvalue weighted by atomic mass is 10.2. The first kappa shape index (κ1) is 17.0. The van der Waals surface area contributed by atoms with Gasteiger partial charge in [-0.2, -0.15) is 4.98 Å². The van der Waals surface area contributed by atoms with Crippen molar-refractivity contribution in [2.75, 3.05) is 37.4 Å². The van der Waals surface area contributed by atoms with Crippen LogP contribution in [0.3, 0.4) is 0 Å². The second-order valence-corrected chi connectivity index (χ2v) is 5.72. The lowest BCUT2D eigenvalue weighted by Crippen LogP contribution is -2.29. The van der Waals surface area contributed by atoms with Crippen molar-refractivity contribution in [3.63, 3.8) is 0 Å². The van der Waals surface area contributed by atoms with E-state index in [-0.39, 0.29) is 5.91 Å². The number of carbonyl (C=O) groups excluding carboxylic acids is 1. The molecule has 0 aliphatic heterocycles. The van der Waals surface area contributed by atoms with Crippen LogP contribution in [0.15, 0.2) is 30.3 Å². The van der Waals surface area contributed by atoms with Gasteiger partial charge in [0.15, 0.2) is 0 Å². The maximum absolute atomic E-state index is 12.0. The summed E-state index contributed by atoms with van der Waals surface area (Å²) in [6, 6.07) is 8.75. The molecular formula is C16H20ClN5O. The smallest absolute Gasteiger partial charge is 0.251 e. The third-order valence-corrected chi connectivity index (χ3v) is 3.31. The van der Waals surface area contributed by atoms with Crippen LogP contribution in [0.5, 0.6) is 0 Å². The van der Waals surface area contributed by atoms with Crippen LogP contribution in [0.2, 0.25) is 5.02 Å². The van der Waals surface area contributed by atoms with Crippen molar-refractivity contribution in [3.05, 3.63) is 46.6 Å². The topological polar surface area (TPSA) is 70.2 Å². The van der Waals surface area contributed by atoms with Crippen molar-refractivity contribution in [2.45, 2.75) is 6.92 Å². The van der Waals surface area contributed by atoms with E-state index in [9.17, 15) is 4.79 Å². The number of nitrogens with one attached hydrogen (secondary N) is 2. The number of carbonyl (C=O) groups is 1. The molecule has 0 atom stereocenters. The van der Waals surface area contributed by atoms with Crippen LogP contribution in [0.4, 0.5) is 11.8 Å². The number of hydrogen-bond acceptors (Lipinski definition) is 5. The van der Waals surface area contributed by atoms with Gasteiger partial charge in [0.25, 0.3) is 5.91 Å². The SMILES string of the molecule is Cc1cc(N(C)C)nc(NCCNC(=O)c2cccc(Cl)c2)n1. The molecule has 2 aromatic rings. The predicted octanol–water partition coefficient (Wildman–Crippen LogP) is 2.35. The molecule has 23 heavy (non-hydrogen) atoms. The Labute approximate surface area is 140 Å². The third kappa shape index (κ3) is 5.10. The fourth-order valence-corrected chi connectivity index (χ4v) is 2.13. The van der Waals surface area contributed by atoms with E-state index in [0.29, 0.717) is 29.6 Å². The van der Waals surface area contributed by atoms with Gasteiger partial charge in [-0.05, 0) is 25.1 Å². The molecule has 1 amide bonds. The molecule has 2 N–H and O–H groups in total. The summed E-state index contributed by atoms with van der Waals surface area (Å²) in [7, 11) is 3.85. The molecule has 1 aromatic carbocycles.